The van der Waals surface area contributed by atoms with Crippen LogP contribution in [0.4, 0.5) is 0 Å². The van der Waals surface area contributed by atoms with Crippen LogP contribution in [0.5, 0.6) is 0 Å². The highest BCUT2D eigenvalue weighted by molar-refractivity contribution is 8.00. The number of rotatable bonds is 8. The van der Waals surface area contributed by atoms with Crippen LogP contribution in [0.15, 0.2) is 24.3 Å². The van der Waals surface area contributed by atoms with Gasteiger partial charge in [-0.15, -0.1) is 11.8 Å². The molecule has 1 aliphatic rings. The van der Waals surface area contributed by atoms with Crippen LogP contribution in [0.25, 0.3) is 0 Å². The maximum atomic E-state index is 11.8. The van der Waals surface area contributed by atoms with E-state index in [0.717, 1.165) is 23.3 Å². The highest BCUT2D eigenvalue weighted by Gasteiger charge is 2.13. The summed E-state index contributed by atoms with van der Waals surface area (Å²) in [7, 11) is 0. The minimum atomic E-state index is 0.169. The normalized spacial score (nSPS) is 15.7. The molecular formula is C18H27NOS2. The first kappa shape index (κ1) is 17.7. The first-order chi connectivity index (χ1) is 10.8. The van der Waals surface area contributed by atoms with Crippen molar-refractivity contribution in [2.75, 3.05) is 18.1 Å². The molecule has 0 heterocycles. The summed E-state index contributed by atoms with van der Waals surface area (Å²) in [4.78, 5) is 11.8. The van der Waals surface area contributed by atoms with Gasteiger partial charge in [0.05, 0.1) is 5.75 Å². The van der Waals surface area contributed by atoms with Gasteiger partial charge in [-0.3, -0.25) is 4.79 Å². The molecule has 0 spiro atoms. The molecule has 0 unspecified atom stereocenters. The lowest BCUT2D eigenvalue weighted by Gasteiger charge is -2.20. The van der Waals surface area contributed by atoms with Crippen molar-refractivity contribution in [3.8, 4) is 0 Å². The quantitative estimate of drug-likeness (QED) is 0.712. The summed E-state index contributed by atoms with van der Waals surface area (Å²) in [6.45, 7) is 2.93. The summed E-state index contributed by atoms with van der Waals surface area (Å²) in [5.41, 5.74) is 2.63. The van der Waals surface area contributed by atoms with Crippen molar-refractivity contribution in [3.63, 3.8) is 0 Å². The molecule has 0 bridgehead atoms. The minimum Gasteiger partial charge on any atom is -0.355 e. The van der Waals surface area contributed by atoms with Crippen molar-refractivity contribution in [2.24, 2.45) is 0 Å². The average molecular weight is 338 g/mol. The Morgan fingerprint density at radius 3 is 2.77 bits per heavy atom. The second-order valence-corrected chi connectivity index (χ2v) is 8.29. The fraction of sp³-hybridized carbons (Fsp3) is 0.611. The van der Waals surface area contributed by atoms with Crippen LogP contribution in [0, 0.1) is 6.92 Å². The number of hydrogen-bond acceptors (Lipinski definition) is 3. The molecule has 1 fully saturated rings. The second kappa shape index (κ2) is 10.2. The fourth-order valence-electron chi connectivity index (χ4n) is 2.72. The molecule has 4 heteroatoms. The number of amides is 1. The lowest BCUT2D eigenvalue weighted by molar-refractivity contribution is -0.118. The van der Waals surface area contributed by atoms with Gasteiger partial charge in [0.25, 0.3) is 0 Å². The largest absolute Gasteiger partial charge is 0.355 e. The van der Waals surface area contributed by atoms with Crippen LogP contribution in [0.1, 0.15) is 43.2 Å². The van der Waals surface area contributed by atoms with Crippen LogP contribution < -0.4 is 5.32 Å². The molecular weight excluding hydrogens is 310 g/mol. The fourth-order valence-corrected chi connectivity index (χ4v) is 4.88. The van der Waals surface area contributed by atoms with E-state index in [0.29, 0.717) is 5.75 Å². The summed E-state index contributed by atoms with van der Waals surface area (Å²) in [6.07, 6.45) is 6.92. The maximum Gasteiger partial charge on any atom is 0.230 e. The highest BCUT2D eigenvalue weighted by atomic mass is 32.2. The number of aryl methyl sites for hydroxylation is 1. The summed E-state index contributed by atoms with van der Waals surface area (Å²) in [6, 6.07) is 8.38. The molecule has 0 saturated heterocycles. The third-order valence-corrected chi connectivity index (χ3v) is 6.45. The molecule has 1 N–H and O–H groups in total. The average Bonchev–Trinajstić information content (AvgIpc) is 2.54. The smallest absolute Gasteiger partial charge is 0.230 e. The van der Waals surface area contributed by atoms with Gasteiger partial charge in [-0.25, -0.2) is 0 Å². The number of benzene rings is 1. The Kier molecular flexibility index (Phi) is 8.24. The number of nitrogens with one attached hydrogen (secondary N) is 1. The molecule has 1 aliphatic carbocycles. The lowest BCUT2D eigenvalue weighted by Crippen LogP contribution is -2.28. The molecule has 1 aromatic rings. The van der Waals surface area contributed by atoms with Crippen molar-refractivity contribution >= 4 is 29.4 Å². The third kappa shape index (κ3) is 6.66. The first-order valence-electron chi connectivity index (χ1n) is 8.26. The Hall–Kier alpha value is -0.610. The van der Waals surface area contributed by atoms with Gasteiger partial charge in [0, 0.05) is 23.3 Å². The van der Waals surface area contributed by atoms with Crippen molar-refractivity contribution < 1.29 is 4.79 Å². The van der Waals surface area contributed by atoms with Crippen LogP contribution in [0.3, 0.4) is 0 Å². The Labute approximate surface area is 143 Å². The Morgan fingerprint density at radius 2 is 2.00 bits per heavy atom. The minimum absolute atomic E-state index is 0.169. The van der Waals surface area contributed by atoms with Gasteiger partial charge in [0.1, 0.15) is 0 Å². The molecule has 2 rings (SSSR count). The van der Waals surface area contributed by atoms with Crippen molar-refractivity contribution in [3.05, 3.63) is 35.4 Å². The SMILES string of the molecule is Cc1ccccc1CSCC(=O)NCCSC1CCCCC1. The van der Waals surface area contributed by atoms with Crippen LogP contribution in [0.2, 0.25) is 0 Å². The van der Waals surface area contributed by atoms with E-state index in [1.165, 1.54) is 43.2 Å². The number of carbonyl (C=O) groups is 1. The zero-order chi connectivity index (χ0) is 15.6. The van der Waals surface area contributed by atoms with Gasteiger partial charge < -0.3 is 5.32 Å². The Bertz CT molecular complexity index is 458. The maximum absolute atomic E-state index is 11.8. The summed E-state index contributed by atoms with van der Waals surface area (Å²) < 4.78 is 0. The molecule has 1 amide bonds. The van der Waals surface area contributed by atoms with E-state index < -0.39 is 0 Å². The second-order valence-electron chi connectivity index (χ2n) is 5.90. The van der Waals surface area contributed by atoms with Gasteiger partial charge >= 0.3 is 0 Å². The monoisotopic (exact) mass is 337 g/mol. The molecule has 122 valence electrons. The van der Waals surface area contributed by atoms with E-state index in [4.69, 9.17) is 0 Å². The van der Waals surface area contributed by atoms with Gasteiger partial charge in [-0.2, -0.15) is 11.8 Å². The highest BCUT2D eigenvalue weighted by Crippen LogP contribution is 2.27. The van der Waals surface area contributed by atoms with Gasteiger partial charge in [-0.1, -0.05) is 43.5 Å². The molecule has 2 nitrogen and oxygen atoms in total. The van der Waals surface area contributed by atoms with Gasteiger partial charge in [-0.05, 0) is 30.9 Å². The number of hydrogen-bond donors (Lipinski definition) is 1. The van der Waals surface area contributed by atoms with Gasteiger partial charge in [0.2, 0.25) is 5.91 Å². The van der Waals surface area contributed by atoms with E-state index in [1.807, 2.05) is 11.8 Å². The van der Waals surface area contributed by atoms with E-state index in [9.17, 15) is 4.79 Å². The topological polar surface area (TPSA) is 29.1 Å². The Morgan fingerprint density at radius 1 is 1.23 bits per heavy atom. The molecule has 0 radical (unpaired) electrons. The summed E-state index contributed by atoms with van der Waals surface area (Å²) in [5, 5.41) is 3.88. The van der Waals surface area contributed by atoms with Crippen LogP contribution in [-0.4, -0.2) is 29.2 Å². The zero-order valence-corrected chi connectivity index (χ0v) is 15.1. The third-order valence-electron chi connectivity index (χ3n) is 4.08. The number of thioether (sulfide) groups is 2. The van der Waals surface area contributed by atoms with Crippen LogP contribution >= 0.6 is 23.5 Å². The zero-order valence-electron chi connectivity index (χ0n) is 13.5. The summed E-state index contributed by atoms with van der Waals surface area (Å²) >= 11 is 3.74. The van der Waals surface area contributed by atoms with Crippen molar-refractivity contribution in [1.82, 2.24) is 5.32 Å². The molecule has 1 aromatic carbocycles. The molecule has 22 heavy (non-hydrogen) atoms. The first-order valence-corrected chi connectivity index (χ1v) is 10.5. The van der Waals surface area contributed by atoms with E-state index in [-0.39, 0.29) is 5.91 Å². The molecule has 1 saturated carbocycles. The molecule has 0 aliphatic heterocycles. The Balaban J connectivity index is 1.51. The van der Waals surface area contributed by atoms with Crippen molar-refractivity contribution in [1.29, 1.82) is 0 Å². The van der Waals surface area contributed by atoms with Crippen molar-refractivity contribution in [2.45, 2.75) is 50.0 Å². The standard InChI is InChI=1S/C18H27NOS2/c1-15-7-5-6-8-16(15)13-21-14-18(20)19-11-12-22-17-9-3-2-4-10-17/h5-8,17H,2-4,9-14H2,1H3,(H,19,20). The van der Waals surface area contributed by atoms with E-state index in [2.05, 4.69) is 36.5 Å². The summed E-state index contributed by atoms with van der Waals surface area (Å²) in [5.74, 6) is 2.70. The van der Waals surface area contributed by atoms with E-state index in [1.54, 1.807) is 11.8 Å². The van der Waals surface area contributed by atoms with Crippen LogP contribution in [-0.2, 0) is 10.5 Å². The predicted molar refractivity (Wildman–Crippen MR) is 99.7 cm³/mol. The lowest BCUT2D eigenvalue weighted by atomic mass is 10.0. The van der Waals surface area contributed by atoms with E-state index >= 15 is 0 Å². The molecule has 0 atom stereocenters. The predicted octanol–water partition coefficient (Wildman–Crippen LogP) is 4.41. The number of carbonyl (C=O) groups excluding carboxylic acids is 1. The molecule has 0 aromatic heterocycles. The van der Waals surface area contributed by atoms with Gasteiger partial charge in [0.15, 0.2) is 0 Å².